The van der Waals surface area contributed by atoms with E-state index in [-0.39, 0.29) is 22.6 Å². The minimum absolute atomic E-state index is 0.0841. The average molecular weight is 346 g/mol. The summed E-state index contributed by atoms with van der Waals surface area (Å²) in [5, 5.41) is 19.3. The van der Waals surface area contributed by atoms with Crippen molar-refractivity contribution in [1.29, 1.82) is 0 Å². The molecule has 3 aromatic rings. The van der Waals surface area contributed by atoms with Crippen molar-refractivity contribution in [2.75, 3.05) is 0 Å². The summed E-state index contributed by atoms with van der Waals surface area (Å²) in [5.41, 5.74) is 0.999. The molecule has 0 spiro atoms. The van der Waals surface area contributed by atoms with Gasteiger partial charge in [0.2, 0.25) is 0 Å². The van der Waals surface area contributed by atoms with Crippen LogP contribution in [0.3, 0.4) is 0 Å². The van der Waals surface area contributed by atoms with Gasteiger partial charge in [0.15, 0.2) is 11.9 Å². The molecule has 4 rings (SSSR count). The van der Waals surface area contributed by atoms with Crippen molar-refractivity contribution in [1.82, 2.24) is 0 Å². The highest BCUT2D eigenvalue weighted by Gasteiger charge is 2.49. The fourth-order valence-corrected chi connectivity index (χ4v) is 3.42. The summed E-state index contributed by atoms with van der Waals surface area (Å²) in [5.74, 6) is -0.426. The Bertz CT molecular complexity index is 958. The van der Waals surface area contributed by atoms with Crippen LogP contribution in [0.1, 0.15) is 37.4 Å². The Balaban J connectivity index is 2.06. The molecular formula is C21H14O5. The van der Waals surface area contributed by atoms with Crippen molar-refractivity contribution in [3.05, 3.63) is 94.5 Å². The molecule has 0 fully saturated rings. The number of cyclic esters (lactones) is 1. The van der Waals surface area contributed by atoms with Crippen LogP contribution < -0.4 is 0 Å². The number of fused-ring (bicyclic) bond motifs is 1. The van der Waals surface area contributed by atoms with Crippen LogP contribution in [0.5, 0.6) is 11.5 Å². The van der Waals surface area contributed by atoms with E-state index in [1.54, 1.807) is 42.5 Å². The number of aromatic hydroxyl groups is 2. The monoisotopic (exact) mass is 346 g/mol. The quantitative estimate of drug-likeness (QED) is 0.561. The number of carbonyl (C=O) groups is 2. The maximum Gasteiger partial charge on any atom is 0.340 e. The predicted molar refractivity (Wildman–Crippen MR) is 93.3 cm³/mol. The number of aldehydes is 1. The molecule has 5 heteroatoms. The lowest BCUT2D eigenvalue weighted by Gasteiger charge is -2.30. The van der Waals surface area contributed by atoms with E-state index in [9.17, 15) is 19.8 Å². The molecule has 0 bridgehead atoms. The van der Waals surface area contributed by atoms with Crippen molar-refractivity contribution in [3.8, 4) is 11.5 Å². The molecule has 1 heterocycles. The highest BCUT2D eigenvalue weighted by atomic mass is 16.6. The van der Waals surface area contributed by atoms with Crippen molar-refractivity contribution < 1.29 is 24.5 Å². The average Bonchev–Trinajstić information content (AvgIpc) is 2.97. The number of esters is 1. The molecule has 5 nitrogen and oxygen atoms in total. The van der Waals surface area contributed by atoms with Gasteiger partial charge in [0, 0.05) is 22.3 Å². The van der Waals surface area contributed by atoms with Gasteiger partial charge in [-0.3, -0.25) is 4.79 Å². The number of ether oxygens (including phenoxy) is 1. The predicted octanol–water partition coefficient (Wildman–Crippen LogP) is 3.37. The number of phenols is 2. The lowest BCUT2D eigenvalue weighted by atomic mass is 9.79. The topological polar surface area (TPSA) is 83.8 Å². The number of benzene rings is 3. The van der Waals surface area contributed by atoms with Crippen LogP contribution in [0, 0.1) is 0 Å². The Labute approximate surface area is 149 Å². The van der Waals surface area contributed by atoms with Gasteiger partial charge in [-0.05, 0) is 24.3 Å². The third-order valence-corrected chi connectivity index (χ3v) is 4.60. The molecule has 26 heavy (non-hydrogen) atoms. The molecule has 1 aliphatic heterocycles. The Morgan fingerprint density at radius 2 is 1.35 bits per heavy atom. The number of rotatable bonds is 3. The molecule has 0 saturated heterocycles. The molecule has 0 amide bonds. The lowest BCUT2D eigenvalue weighted by molar-refractivity contribution is 0.0250. The van der Waals surface area contributed by atoms with Gasteiger partial charge in [-0.1, -0.05) is 42.5 Å². The summed E-state index contributed by atoms with van der Waals surface area (Å²) in [6.07, 6.45) is 0.629. The normalized spacial score (nSPS) is 14.5. The Morgan fingerprint density at radius 3 is 1.85 bits per heavy atom. The number of phenolic OH excluding ortho intramolecular Hbond substituents is 2. The molecular weight excluding hydrogens is 332 g/mol. The van der Waals surface area contributed by atoms with E-state index >= 15 is 0 Å². The summed E-state index contributed by atoms with van der Waals surface area (Å²) in [6, 6.07) is 17.7. The second-order valence-corrected chi connectivity index (χ2v) is 6.05. The summed E-state index contributed by atoms with van der Waals surface area (Å²) < 4.78 is 5.85. The molecule has 0 aliphatic carbocycles. The van der Waals surface area contributed by atoms with E-state index in [4.69, 9.17) is 4.74 Å². The van der Waals surface area contributed by atoms with Crippen LogP contribution in [0.2, 0.25) is 0 Å². The van der Waals surface area contributed by atoms with Crippen molar-refractivity contribution >= 4 is 12.3 Å². The zero-order chi connectivity index (χ0) is 18.3. The highest BCUT2D eigenvalue weighted by molar-refractivity contribution is 6.03. The van der Waals surface area contributed by atoms with E-state index < -0.39 is 11.6 Å². The summed E-state index contributed by atoms with van der Waals surface area (Å²) >= 11 is 0. The largest absolute Gasteiger partial charge is 0.508 e. The maximum absolute atomic E-state index is 12.7. The van der Waals surface area contributed by atoms with Crippen LogP contribution in [0.4, 0.5) is 0 Å². The second-order valence-electron chi connectivity index (χ2n) is 6.05. The molecule has 0 radical (unpaired) electrons. The fraction of sp³-hybridized carbons (Fsp3) is 0.0476. The first-order valence-electron chi connectivity index (χ1n) is 7.97. The van der Waals surface area contributed by atoms with E-state index in [1.807, 2.05) is 0 Å². The molecule has 0 aromatic heterocycles. The number of hydrogen-bond donors (Lipinski definition) is 2. The molecule has 0 unspecified atom stereocenters. The molecule has 0 saturated carbocycles. The van der Waals surface area contributed by atoms with E-state index in [1.165, 1.54) is 24.3 Å². The Hall–Kier alpha value is -3.60. The first kappa shape index (κ1) is 15.9. The molecule has 128 valence electrons. The highest BCUT2D eigenvalue weighted by Crippen LogP contribution is 2.48. The van der Waals surface area contributed by atoms with Gasteiger partial charge in [0.05, 0.1) is 5.56 Å². The van der Waals surface area contributed by atoms with Crippen molar-refractivity contribution in [3.63, 3.8) is 0 Å². The fourth-order valence-electron chi connectivity index (χ4n) is 3.42. The van der Waals surface area contributed by atoms with Gasteiger partial charge in [-0.25, -0.2) is 4.79 Å². The molecule has 2 N–H and O–H groups in total. The van der Waals surface area contributed by atoms with Crippen LogP contribution in [-0.2, 0) is 10.3 Å². The van der Waals surface area contributed by atoms with Gasteiger partial charge in [0.1, 0.15) is 11.5 Å². The lowest BCUT2D eigenvalue weighted by Crippen LogP contribution is -2.29. The molecule has 3 aromatic carbocycles. The van der Waals surface area contributed by atoms with Gasteiger partial charge in [0.25, 0.3) is 0 Å². The Kier molecular flexibility index (Phi) is 3.51. The maximum atomic E-state index is 12.7. The first-order valence-corrected chi connectivity index (χ1v) is 7.97. The standard InChI is InChI=1S/C21H14O5/c22-12-13-2-1-3-18-19(13)20(25)26-21(18,14-4-8-16(23)9-5-14)15-6-10-17(24)11-7-15/h1-12,23-24H. The number of carbonyl (C=O) groups excluding carboxylic acids is 2. The Morgan fingerprint density at radius 1 is 0.808 bits per heavy atom. The summed E-state index contributed by atoms with van der Waals surface area (Å²) in [4.78, 5) is 24.1. The summed E-state index contributed by atoms with van der Waals surface area (Å²) in [7, 11) is 0. The zero-order valence-corrected chi connectivity index (χ0v) is 13.5. The van der Waals surface area contributed by atoms with E-state index in [0.29, 0.717) is 23.0 Å². The van der Waals surface area contributed by atoms with Crippen LogP contribution in [0.25, 0.3) is 0 Å². The van der Waals surface area contributed by atoms with E-state index in [0.717, 1.165) is 0 Å². The SMILES string of the molecule is O=Cc1cccc2c1C(=O)OC2(c1ccc(O)cc1)c1ccc(O)cc1. The van der Waals surface area contributed by atoms with Gasteiger partial charge in [-0.15, -0.1) is 0 Å². The van der Waals surface area contributed by atoms with Gasteiger partial charge in [-0.2, -0.15) is 0 Å². The minimum atomic E-state index is -1.27. The van der Waals surface area contributed by atoms with Crippen molar-refractivity contribution in [2.24, 2.45) is 0 Å². The first-order chi connectivity index (χ1) is 12.6. The second kappa shape index (κ2) is 5.74. The van der Waals surface area contributed by atoms with E-state index in [2.05, 4.69) is 0 Å². The zero-order valence-electron chi connectivity index (χ0n) is 13.5. The number of hydrogen-bond acceptors (Lipinski definition) is 5. The molecule has 1 aliphatic rings. The van der Waals surface area contributed by atoms with Crippen LogP contribution in [-0.4, -0.2) is 22.5 Å². The smallest absolute Gasteiger partial charge is 0.340 e. The van der Waals surface area contributed by atoms with Crippen LogP contribution >= 0.6 is 0 Å². The van der Waals surface area contributed by atoms with Gasteiger partial charge >= 0.3 is 5.97 Å². The molecule has 0 atom stereocenters. The minimum Gasteiger partial charge on any atom is -0.508 e. The third-order valence-electron chi connectivity index (χ3n) is 4.60. The summed E-state index contributed by atoms with van der Waals surface area (Å²) in [6.45, 7) is 0. The third kappa shape index (κ3) is 2.18. The van der Waals surface area contributed by atoms with Gasteiger partial charge < -0.3 is 14.9 Å². The van der Waals surface area contributed by atoms with Crippen LogP contribution in [0.15, 0.2) is 66.7 Å². The van der Waals surface area contributed by atoms with Crippen molar-refractivity contribution in [2.45, 2.75) is 5.60 Å².